The summed E-state index contributed by atoms with van der Waals surface area (Å²) in [4.78, 5) is 15.5. The predicted molar refractivity (Wildman–Crippen MR) is 78.5 cm³/mol. The molecular weight excluding hydrogens is 240 g/mol. The first-order chi connectivity index (χ1) is 9.13. The van der Waals surface area contributed by atoms with Crippen molar-refractivity contribution in [3.8, 4) is 0 Å². The number of ether oxygens (including phenoxy) is 1. The van der Waals surface area contributed by atoms with Crippen LogP contribution in [0.4, 0.5) is 5.69 Å². The zero-order chi connectivity index (χ0) is 14.1. The molecule has 0 fully saturated rings. The van der Waals surface area contributed by atoms with Gasteiger partial charge in [0.05, 0.1) is 7.11 Å². The van der Waals surface area contributed by atoms with Gasteiger partial charge in [-0.1, -0.05) is 18.2 Å². The molecule has 1 aromatic carbocycles. The molecule has 0 radical (unpaired) electrons. The first-order valence-corrected chi connectivity index (χ1v) is 6.65. The van der Waals surface area contributed by atoms with E-state index in [1.807, 2.05) is 18.2 Å². The van der Waals surface area contributed by atoms with Crippen molar-refractivity contribution in [2.24, 2.45) is 0 Å². The molecule has 0 bridgehead atoms. The molecule has 0 aromatic heterocycles. The maximum absolute atomic E-state index is 11.0. The lowest BCUT2D eigenvalue weighted by Crippen LogP contribution is -2.31. The van der Waals surface area contributed by atoms with Gasteiger partial charge in [-0.25, -0.2) is 0 Å². The van der Waals surface area contributed by atoms with E-state index in [0.717, 1.165) is 26.1 Å². The van der Waals surface area contributed by atoms with Crippen LogP contribution in [0, 0.1) is 0 Å². The Morgan fingerprint density at radius 2 is 1.79 bits per heavy atom. The first kappa shape index (κ1) is 15.5. The number of carbonyl (C=O) groups is 1. The summed E-state index contributed by atoms with van der Waals surface area (Å²) in [6, 6.07) is 10.3. The van der Waals surface area contributed by atoms with E-state index in [9.17, 15) is 4.79 Å². The standard InChI is InChI=1S/C15H24N2O2/c1-16(11-7-10-15(18)19-3)12-13-17(2)14-8-5-4-6-9-14/h4-6,8-9H,7,10-13H2,1-3H3. The molecule has 0 aliphatic heterocycles. The zero-order valence-corrected chi connectivity index (χ0v) is 12.1. The van der Waals surface area contributed by atoms with Crippen LogP contribution in [0.15, 0.2) is 30.3 Å². The number of hydrogen-bond donors (Lipinski definition) is 0. The molecule has 4 heteroatoms. The number of hydrogen-bond acceptors (Lipinski definition) is 4. The van der Waals surface area contributed by atoms with Crippen LogP contribution in [-0.4, -0.2) is 51.7 Å². The van der Waals surface area contributed by atoms with Gasteiger partial charge in [0, 0.05) is 32.2 Å². The Hall–Kier alpha value is -1.55. The highest BCUT2D eigenvalue weighted by Gasteiger charge is 2.05. The van der Waals surface area contributed by atoms with Gasteiger partial charge in [-0.3, -0.25) is 4.79 Å². The number of carbonyl (C=O) groups excluding carboxylic acids is 1. The second kappa shape index (κ2) is 8.53. The van der Waals surface area contributed by atoms with Gasteiger partial charge in [0.1, 0.15) is 0 Å². The van der Waals surface area contributed by atoms with Gasteiger partial charge < -0.3 is 14.5 Å². The largest absolute Gasteiger partial charge is 0.469 e. The third-order valence-corrected chi connectivity index (χ3v) is 3.16. The normalized spacial score (nSPS) is 10.5. The number of rotatable bonds is 8. The van der Waals surface area contributed by atoms with E-state index in [4.69, 9.17) is 0 Å². The van der Waals surface area contributed by atoms with Gasteiger partial charge >= 0.3 is 5.97 Å². The van der Waals surface area contributed by atoms with Crippen molar-refractivity contribution in [3.05, 3.63) is 30.3 Å². The van der Waals surface area contributed by atoms with Gasteiger partial charge in [0.2, 0.25) is 0 Å². The molecule has 0 saturated heterocycles. The molecule has 1 rings (SSSR count). The van der Waals surface area contributed by atoms with Crippen LogP contribution in [0.1, 0.15) is 12.8 Å². The molecule has 0 N–H and O–H groups in total. The molecule has 0 unspecified atom stereocenters. The summed E-state index contributed by atoms with van der Waals surface area (Å²) >= 11 is 0. The maximum Gasteiger partial charge on any atom is 0.305 e. The molecule has 106 valence electrons. The average molecular weight is 264 g/mol. The highest BCUT2D eigenvalue weighted by atomic mass is 16.5. The lowest BCUT2D eigenvalue weighted by atomic mass is 10.3. The monoisotopic (exact) mass is 264 g/mol. The van der Waals surface area contributed by atoms with Gasteiger partial charge in [0.25, 0.3) is 0 Å². The van der Waals surface area contributed by atoms with Crippen LogP contribution >= 0.6 is 0 Å². The van der Waals surface area contributed by atoms with Crippen LogP contribution in [0.25, 0.3) is 0 Å². The smallest absolute Gasteiger partial charge is 0.305 e. The molecule has 0 amide bonds. The molecule has 0 spiro atoms. The lowest BCUT2D eigenvalue weighted by molar-refractivity contribution is -0.140. The Bertz CT molecular complexity index is 368. The second-order valence-electron chi connectivity index (χ2n) is 4.74. The fourth-order valence-corrected chi connectivity index (χ4v) is 1.84. The Morgan fingerprint density at radius 1 is 1.11 bits per heavy atom. The fraction of sp³-hybridized carbons (Fsp3) is 0.533. The van der Waals surface area contributed by atoms with Crippen molar-refractivity contribution in [3.63, 3.8) is 0 Å². The third-order valence-electron chi connectivity index (χ3n) is 3.16. The Kier molecular flexibility index (Phi) is 6.97. The maximum atomic E-state index is 11.0. The number of para-hydroxylation sites is 1. The number of anilines is 1. The molecule has 0 heterocycles. The van der Waals surface area contributed by atoms with Crippen molar-refractivity contribution >= 4 is 11.7 Å². The van der Waals surface area contributed by atoms with E-state index >= 15 is 0 Å². The third kappa shape index (κ3) is 6.25. The Labute approximate surface area is 116 Å². The average Bonchev–Trinajstić information content (AvgIpc) is 2.45. The van der Waals surface area contributed by atoms with Gasteiger partial charge in [0.15, 0.2) is 0 Å². The lowest BCUT2D eigenvalue weighted by Gasteiger charge is -2.23. The molecule has 0 aliphatic rings. The van der Waals surface area contributed by atoms with Gasteiger partial charge in [-0.15, -0.1) is 0 Å². The fourth-order valence-electron chi connectivity index (χ4n) is 1.84. The number of benzene rings is 1. The van der Waals surface area contributed by atoms with Crippen molar-refractivity contribution in [1.82, 2.24) is 4.90 Å². The summed E-state index contributed by atoms with van der Waals surface area (Å²) in [7, 11) is 5.61. The highest BCUT2D eigenvalue weighted by molar-refractivity contribution is 5.69. The summed E-state index contributed by atoms with van der Waals surface area (Å²) < 4.78 is 4.62. The summed E-state index contributed by atoms with van der Waals surface area (Å²) in [5.74, 6) is -0.130. The van der Waals surface area contributed by atoms with Crippen LogP contribution < -0.4 is 4.90 Å². The van der Waals surface area contributed by atoms with Crippen LogP contribution in [0.5, 0.6) is 0 Å². The minimum absolute atomic E-state index is 0.130. The summed E-state index contributed by atoms with van der Waals surface area (Å²) in [5.41, 5.74) is 1.23. The van der Waals surface area contributed by atoms with Gasteiger partial charge in [-0.2, -0.15) is 0 Å². The van der Waals surface area contributed by atoms with E-state index < -0.39 is 0 Å². The van der Waals surface area contributed by atoms with Crippen molar-refractivity contribution in [2.75, 3.05) is 45.7 Å². The SMILES string of the molecule is COC(=O)CCCN(C)CCN(C)c1ccccc1. The van der Waals surface area contributed by atoms with Crippen LogP contribution in [0.2, 0.25) is 0 Å². The van der Waals surface area contributed by atoms with E-state index in [1.54, 1.807) is 0 Å². The summed E-state index contributed by atoms with van der Waals surface area (Å²) in [6.07, 6.45) is 1.34. The highest BCUT2D eigenvalue weighted by Crippen LogP contribution is 2.10. The van der Waals surface area contributed by atoms with Crippen LogP contribution in [-0.2, 0) is 9.53 Å². The van der Waals surface area contributed by atoms with E-state index in [1.165, 1.54) is 12.8 Å². The van der Waals surface area contributed by atoms with E-state index in [2.05, 4.69) is 40.8 Å². The molecule has 4 nitrogen and oxygen atoms in total. The Balaban J connectivity index is 2.19. The minimum atomic E-state index is -0.130. The summed E-state index contributed by atoms with van der Waals surface area (Å²) in [5, 5.41) is 0. The quantitative estimate of drug-likeness (QED) is 0.672. The van der Waals surface area contributed by atoms with Crippen molar-refractivity contribution < 1.29 is 9.53 Å². The van der Waals surface area contributed by atoms with Gasteiger partial charge in [-0.05, 0) is 32.1 Å². The Morgan fingerprint density at radius 3 is 2.42 bits per heavy atom. The molecule has 0 saturated carbocycles. The summed E-state index contributed by atoms with van der Waals surface area (Å²) in [6.45, 7) is 2.86. The molecule has 1 aromatic rings. The number of methoxy groups -OCH3 is 1. The molecular formula is C15H24N2O2. The molecule has 19 heavy (non-hydrogen) atoms. The van der Waals surface area contributed by atoms with E-state index in [0.29, 0.717) is 6.42 Å². The molecule has 0 atom stereocenters. The van der Waals surface area contributed by atoms with Crippen LogP contribution in [0.3, 0.4) is 0 Å². The second-order valence-corrected chi connectivity index (χ2v) is 4.74. The first-order valence-electron chi connectivity index (χ1n) is 6.65. The topological polar surface area (TPSA) is 32.8 Å². The minimum Gasteiger partial charge on any atom is -0.469 e. The number of esters is 1. The predicted octanol–water partition coefficient (Wildman–Crippen LogP) is 2.01. The molecule has 0 aliphatic carbocycles. The van der Waals surface area contributed by atoms with Crippen molar-refractivity contribution in [2.45, 2.75) is 12.8 Å². The van der Waals surface area contributed by atoms with Crippen molar-refractivity contribution in [1.29, 1.82) is 0 Å². The van der Waals surface area contributed by atoms with E-state index in [-0.39, 0.29) is 5.97 Å². The number of likely N-dealkylation sites (N-methyl/N-ethyl adjacent to an activating group) is 2. The zero-order valence-electron chi connectivity index (χ0n) is 12.1. The number of nitrogens with zero attached hydrogens (tertiary/aromatic N) is 2.